The molecule has 0 unspecified atom stereocenters. The van der Waals surface area contributed by atoms with Crippen LogP contribution in [0.2, 0.25) is 0 Å². The van der Waals surface area contributed by atoms with E-state index < -0.39 is 39.8 Å². The zero-order valence-corrected chi connectivity index (χ0v) is 13.9. The third-order valence-corrected chi connectivity index (χ3v) is 5.34. The van der Waals surface area contributed by atoms with Gasteiger partial charge in [0, 0.05) is 12.1 Å². The van der Waals surface area contributed by atoms with Crippen molar-refractivity contribution < 1.29 is 24.0 Å². The lowest BCUT2D eigenvalue weighted by Gasteiger charge is -2.25. The number of anilines is 1. The van der Waals surface area contributed by atoms with Crippen molar-refractivity contribution in [3.05, 3.63) is 40.5 Å². The van der Waals surface area contributed by atoms with Gasteiger partial charge in [-0.25, -0.2) is 4.90 Å². The van der Waals surface area contributed by atoms with E-state index in [1.165, 1.54) is 25.3 Å². The molecule has 2 saturated heterocycles. The largest absolute Gasteiger partial charge is 0.495 e. The molecule has 1 aromatic rings. The highest BCUT2D eigenvalue weighted by atomic mass is 16.6. The van der Waals surface area contributed by atoms with E-state index >= 15 is 0 Å². The number of amides is 2. The number of carbonyl (C=O) groups excluding carboxylic acids is 2. The minimum Gasteiger partial charge on any atom is -0.495 e. The molecule has 25 heavy (non-hydrogen) atoms. The predicted octanol–water partition coefficient (Wildman–Crippen LogP) is 1.83. The van der Waals surface area contributed by atoms with Crippen molar-refractivity contribution in [3.8, 4) is 5.75 Å². The first-order chi connectivity index (χ1) is 11.7. The number of imide groups is 1. The highest BCUT2D eigenvalue weighted by Crippen LogP contribution is 2.58. The quantitative estimate of drug-likeness (QED) is 0.359. The van der Waals surface area contributed by atoms with E-state index in [9.17, 15) is 19.7 Å². The molecular formula is C17H16N2O6. The van der Waals surface area contributed by atoms with Crippen LogP contribution >= 0.6 is 0 Å². The van der Waals surface area contributed by atoms with Gasteiger partial charge in [-0.1, -0.05) is 12.2 Å². The van der Waals surface area contributed by atoms with Gasteiger partial charge in [-0.2, -0.15) is 0 Å². The van der Waals surface area contributed by atoms with Gasteiger partial charge in [0.1, 0.15) is 11.4 Å². The Hall–Kier alpha value is -2.74. The molecule has 8 heteroatoms. The molecule has 4 rings (SSSR count). The number of carbonyl (C=O) groups is 2. The van der Waals surface area contributed by atoms with Gasteiger partial charge in [-0.3, -0.25) is 19.7 Å². The topological polar surface area (TPSA) is 99.0 Å². The number of rotatable bonds is 3. The number of hydrogen-bond donors (Lipinski definition) is 0. The third kappa shape index (κ3) is 1.85. The van der Waals surface area contributed by atoms with Gasteiger partial charge in [0.15, 0.2) is 0 Å². The lowest BCUT2D eigenvalue weighted by atomic mass is 9.73. The van der Waals surface area contributed by atoms with Gasteiger partial charge >= 0.3 is 0 Å². The standard InChI is InChI=1S/C17H16N2O6/c1-16-6-7-17(2,25-16)13-12(16)14(20)18(15(13)21)10-8-9(19(22)23)4-5-11(10)24-3/h4-8,12-13H,1-3H3/t12-,13-,16+,17+/m1/s1. The van der Waals surface area contributed by atoms with Crippen LogP contribution in [0.5, 0.6) is 5.75 Å². The van der Waals surface area contributed by atoms with Crippen LogP contribution in [-0.2, 0) is 14.3 Å². The van der Waals surface area contributed by atoms with Crippen LogP contribution in [0.4, 0.5) is 11.4 Å². The molecule has 0 aromatic heterocycles. The zero-order valence-electron chi connectivity index (χ0n) is 13.9. The van der Waals surface area contributed by atoms with Gasteiger partial charge in [0.05, 0.1) is 35.1 Å². The van der Waals surface area contributed by atoms with Gasteiger partial charge in [0.25, 0.3) is 5.69 Å². The average molecular weight is 344 g/mol. The molecule has 8 nitrogen and oxygen atoms in total. The van der Waals surface area contributed by atoms with Gasteiger partial charge in [-0.15, -0.1) is 0 Å². The minimum atomic E-state index is -0.852. The molecule has 0 aliphatic carbocycles. The Morgan fingerprint density at radius 2 is 1.72 bits per heavy atom. The number of ether oxygens (including phenoxy) is 2. The summed E-state index contributed by atoms with van der Waals surface area (Å²) in [6, 6.07) is 3.84. The van der Waals surface area contributed by atoms with E-state index in [-0.39, 0.29) is 17.1 Å². The number of methoxy groups -OCH3 is 1. The SMILES string of the molecule is COc1ccc([N+](=O)[O-])cc1N1C(=O)[C@H]2[C@H](C1=O)[C@]1(C)C=C[C@]2(C)O1. The summed E-state index contributed by atoms with van der Waals surface area (Å²) >= 11 is 0. The first-order valence-corrected chi connectivity index (χ1v) is 7.83. The van der Waals surface area contributed by atoms with Crippen LogP contribution in [0.25, 0.3) is 0 Å². The Labute approximate surface area is 143 Å². The number of nitrogens with zero attached hydrogens (tertiary/aromatic N) is 2. The molecule has 2 bridgehead atoms. The van der Waals surface area contributed by atoms with Crippen molar-refractivity contribution in [2.24, 2.45) is 11.8 Å². The fourth-order valence-electron chi connectivity index (χ4n) is 4.24. The van der Waals surface area contributed by atoms with Crippen molar-refractivity contribution >= 4 is 23.2 Å². The second kappa shape index (κ2) is 4.66. The number of benzene rings is 1. The smallest absolute Gasteiger partial charge is 0.271 e. The van der Waals surface area contributed by atoms with Crippen molar-refractivity contribution in [1.29, 1.82) is 0 Å². The summed E-state index contributed by atoms with van der Waals surface area (Å²) < 4.78 is 11.2. The molecule has 0 N–H and O–H groups in total. The summed E-state index contributed by atoms with van der Waals surface area (Å²) in [7, 11) is 1.38. The molecule has 0 spiro atoms. The second-order valence-electron chi connectivity index (χ2n) is 6.88. The molecule has 3 heterocycles. The van der Waals surface area contributed by atoms with Gasteiger partial charge in [-0.05, 0) is 19.9 Å². The maximum atomic E-state index is 13.1. The number of nitro benzene ring substituents is 1. The van der Waals surface area contributed by atoms with Gasteiger partial charge < -0.3 is 9.47 Å². The Bertz CT molecular complexity index is 829. The zero-order chi connectivity index (χ0) is 18.1. The van der Waals surface area contributed by atoms with Gasteiger partial charge in [0.2, 0.25) is 11.8 Å². The second-order valence-corrected chi connectivity index (χ2v) is 6.88. The van der Waals surface area contributed by atoms with E-state index in [1.54, 1.807) is 13.8 Å². The molecule has 3 aliphatic heterocycles. The molecule has 2 fully saturated rings. The molecular weight excluding hydrogens is 328 g/mol. The van der Waals surface area contributed by atoms with Crippen LogP contribution in [-0.4, -0.2) is 35.0 Å². The number of fused-ring (bicyclic) bond motifs is 5. The van der Waals surface area contributed by atoms with Crippen LogP contribution < -0.4 is 9.64 Å². The highest BCUT2D eigenvalue weighted by molar-refractivity contribution is 6.24. The molecule has 0 radical (unpaired) electrons. The average Bonchev–Trinajstić information content (AvgIpc) is 3.11. The maximum Gasteiger partial charge on any atom is 0.271 e. The highest BCUT2D eigenvalue weighted by Gasteiger charge is 2.70. The lowest BCUT2D eigenvalue weighted by molar-refractivity contribution is -0.384. The molecule has 0 saturated carbocycles. The predicted molar refractivity (Wildman–Crippen MR) is 86.2 cm³/mol. The Kier molecular flexibility index (Phi) is 2.94. The minimum absolute atomic E-state index is 0.0905. The monoisotopic (exact) mass is 344 g/mol. The van der Waals surface area contributed by atoms with E-state index in [4.69, 9.17) is 9.47 Å². The molecule has 4 atom stereocenters. The summed E-state index contributed by atoms with van der Waals surface area (Å²) in [4.78, 5) is 37.6. The fraction of sp³-hybridized carbons (Fsp3) is 0.412. The third-order valence-electron chi connectivity index (χ3n) is 5.34. The summed E-state index contributed by atoms with van der Waals surface area (Å²) in [6.07, 6.45) is 3.63. The molecule has 2 amide bonds. The van der Waals surface area contributed by atoms with Crippen LogP contribution in [0.15, 0.2) is 30.4 Å². The summed E-state index contributed by atoms with van der Waals surface area (Å²) in [5, 5.41) is 11.1. The normalized spacial score (nSPS) is 35.4. The van der Waals surface area contributed by atoms with Crippen molar-refractivity contribution in [1.82, 2.24) is 0 Å². The first-order valence-electron chi connectivity index (χ1n) is 7.83. The fourth-order valence-corrected chi connectivity index (χ4v) is 4.24. The van der Waals surface area contributed by atoms with Crippen molar-refractivity contribution in [2.75, 3.05) is 12.0 Å². The van der Waals surface area contributed by atoms with E-state index in [1.807, 2.05) is 12.2 Å². The maximum absolute atomic E-state index is 13.1. The van der Waals surface area contributed by atoms with Crippen LogP contribution in [0, 0.1) is 22.0 Å². The number of nitro groups is 1. The van der Waals surface area contributed by atoms with E-state index in [0.29, 0.717) is 0 Å². The van der Waals surface area contributed by atoms with Crippen LogP contribution in [0.1, 0.15) is 13.8 Å². The van der Waals surface area contributed by atoms with Crippen molar-refractivity contribution in [2.45, 2.75) is 25.0 Å². The van der Waals surface area contributed by atoms with E-state index in [2.05, 4.69) is 0 Å². The summed E-state index contributed by atoms with van der Waals surface area (Å²) in [6.45, 7) is 3.55. The van der Waals surface area contributed by atoms with Crippen molar-refractivity contribution in [3.63, 3.8) is 0 Å². The lowest BCUT2D eigenvalue weighted by Crippen LogP contribution is -2.39. The molecule has 3 aliphatic rings. The Morgan fingerprint density at radius 1 is 1.16 bits per heavy atom. The molecule has 1 aromatic carbocycles. The molecule has 130 valence electrons. The Balaban J connectivity index is 1.84. The summed E-state index contributed by atoms with van der Waals surface area (Å²) in [5.74, 6) is -1.93. The Morgan fingerprint density at radius 3 is 2.20 bits per heavy atom. The number of non-ortho nitro benzene ring substituents is 1. The summed E-state index contributed by atoms with van der Waals surface area (Å²) in [5.41, 5.74) is -1.83. The first kappa shape index (κ1) is 15.8. The number of hydrogen-bond acceptors (Lipinski definition) is 6. The van der Waals surface area contributed by atoms with E-state index in [0.717, 1.165) is 4.90 Å². The van der Waals surface area contributed by atoms with Crippen LogP contribution in [0.3, 0.4) is 0 Å².